The van der Waals surface area contributed by atoms with Crippen LogP contribution < -0.4 is 0 Å². The average molecular weight is 346 g/mol. The van der Waals surface area contributed by atoms with Crippen molar-refractivity contribution in [2.75, 3.05) is 6.61 Å². The fourth-order valence-electron chi connectivity index (χ4n) is 6.03. The summed E-state index contributed by atoms with van der Waals surface area (Å²) in [5.74, 6) is 3.69. The molecule has 1 aromatic carbocycles. The van der Waals surface area contributed by atoms with Crippen molar-refractivity contribution in [1.82, 2.24) is 0 Å². The van der Waals surface area contributed by atoms with Crippen LogP contribution in [0.15, 0.2) is 61.7 Å². The normalized spacial score (nSPS) is 39.1. The van der Waals surface area contributed by atoms with Crippen molar-refractivity contribution < 1.29 is 9.84 Å². The Morgan fingerprint density at radius 3 is 2.42 bits per heavy atom. The topological polar surface area (TPSA) is 29.5 Å². The molecule has 0 unspecified atom stereocenters. The Morgan fingerprint density at radius 1 is 1.12 bits per heavy atom. The number of rotatable bonds is 6. The lowest BCUT2D eigenvalue weighted by molar-refractivity contribution is -0.165. The minimum atomic E-state index is -0.919. The molecule has 0 radical (unpaired) electrons. The molecule has 1 saturated carbocycles. The highest BCUT2D eigenvalue weighted by Gasteiger charge is 2.65. The zero-order valence-corrected chi connectivity index (χ0v) is 15.1. The van der Waals surface area contributed by atoms with E-state index >= 15 is 0 Å². The number of allylic oxidation sites excluding steroid dienone is 2. The van der Waals surface area contributed by atoms with Crippen molar-refractivity contribution in [2.24, 2.45) is 23.7 Å². The molecule has 0 heterocycles. The summed E-state index contributed by atoms with van der Waals surface area (Å²) < 4.78 is 6.45. The highest BCUT2D eigenvalue weighted by Crippen LogP contribution is 2.66. The summed E-state index contributed by atoms with van der Waals surface area (Å²) in [5, 5.41) is 11.9. The number of hydrogen-bond donors (Lipinski definition) is 1. The van der Waals surface area contributed by atoms with Crippen molar-refractivity contribution in [3.63, 3.8) is 0 Å². The Balaban J connectivity index is 1.99. The van der Waals surface area contributed by atoms with Crippen LogP contribution in [0.25, 0.3) is 0 Å². The summed E-state index contributed by atoms with van der Waals surface area (Å²) in [4.78, 5) is 0. The van der Waals surface area contributed by atoms with Gasteiger partial charge in [-0.1, -0.05) is 54.5 Å². The van der Waals surface area contributed by atoms with Crippen LogP contribution in [0.5, 0.6) is 0 Å². The van der Waals surface area contributed by atoms with Crippen molar-refractivity contribution in [3.05, 3.63) is 72.9 Å². The number of ether oxygens (including phenoxy) is 1. The smallest absolute Gasteiger partial charge is 0.108 e. The van der Waals surface area contributed by atoms with Crippen LogP contribution in [0.4, 0.5) is 0 Å². The first kappa shape index (κ1) is 17.3. The van der Waals surface area contributed by atoms with Gasteiger partial charge in [0.15, 0.2) is 0 Å². The van der Waals surface area contributed by atoms with Gasteiger partial charge in [-0.15, -0.1) is 19.6 Å². The molecular weight excluding hydrogens is 320 g/mol. The molecule has 0 aliphatic heterocycles. The van der Waals surface area contributed by atoms with E-state index in [9.17, 15) is 5.11 Å². The number of terminal acetylenes is 1. The van der Waals surface area contributed by atoms with Crippen LogP contribution in [-0.2, 0) is 15.9 Å². The van der Waals surface area contributed by atoms with Gasteiger partial charge < -0.3 is 9.84 Å². The van der Waals surface area contributed by atoms with Crippen LogP contribution in [-0.4, -0.2) is 11.7 Å². The van der Waals surface area contributed by atoms with Crippen LogP contribution in [0, 0.1) is 36.0 Å². The zero-order chi connectivity index (χ0) is 18.4. The largest absolute Gasteiger partial charge is 0.385 e. The molecule has 6 atom stereocenters. The third kappa shape index (κ3) is 2.14. The lowest BCUT2D eigenvalue weighted by Crippen LogP contribution is -2.56. The average Bonchev–Trinajstić information content (AvgIpc) is 3.27. The van der Waals surface area contributed by atoms with Crippen molar-refractivity contribution in [3.8, 4) is 12.3 Å². The summed E-state index contributed by atoms with van der Waals surface area (Å²) in [6.45, 7) is 8.18. The third-order valence-corrected chi connectivity index (χ3v) is 6.71. The molecule has 2 heteroatoms. The summed E-state index contributed by atoms with van der Waals surface area (Å²) in [6, 6.07) is 8.15. The first-order valence-electron chi connectivity index (χ1n) is 9.42. The van der Waals surface area contributed by atoms with Gasteiger partial charge in [0.25, 0.3) is 0 Å². The lowest BCUT2D eigenvalue weighted by Gasteiger charge is -2.55. The highest BCUT2D eigenvalue weighted by molar-refractivity contribution is 5.45. The Bertz CT molecular complexity index is 801. The van der Waals surface area contributed by atoms with Gasteiger partial charge in [0.05, 0.1) is 5.60 Å². The summed E-state index contributed by atoms with van der Waals surface area (Å²) in [6.07, 6.45) is 16.2. The van der Waals surface area contributed by atoms with E-state index in [0.717, 1.165) is 17.5 Å². The molecule has 26 heavy (non-hydrogen) atoms. The molecule has 0 spiro atoms. The molecule has 2 nitrogen and oxygen atoms in total. The molecule has 0 saturated heterocycles. The van der Waals surface area contributed by atoms with E-state index in [4.69, 9.17) is 11.2 Å². The van der Waals surface area contributed by atoms with Crippen molar-refractivity contribution >= 4 is 0 Å². The summed E-state index contributed by atoms with van der Waals surface area (Å²) in [5.41, 5.74) is 0.562. The van der Waals surface area contributed by atoms with Crippen molar-refractivity contribution in [2.45, 2.75) is 30.5 Å². The second kappa shape index (κ2) is 6.27. The lowest BCUT2D eigenvalue weighted by atomic mass is 9.54. The van der Waals surface area contributed by atoms with E-state index in [0.29, 0.717) is 24.7 Å². The molecule has 3 aliphatic rings. The van der Waals surface area contributed by atoms with Gasteiger partial charge in [0.1, 0.15) is 12.2 Å². The van der Waals surface area contributed by atoms with Gasteiger partial charge in [-0.2, -0.15) is 0 Å². The van der Waals surface area contributed by atoms with Crippen LogP contribution in [0.3, 0.4) is 0 Å². The number of aliphatic hydroxyl groups is 1. The van der Waals surface area contributed by atoms with Gasteiger partial charge in [0, 0.05) is 11.8 Å². The molecule has 0 amide bonds. The first-order valence-corrected chi connectivity index (χ1v) is 9.42. The summed E-state index contributed by atoms with van der Waals surface area (Å²) >= 11 is 0. The molecule has 1 N–H and O–H groups in total. The van der Waals surface area contributed by atoms with Gasteiger partial charge in [-0.3, -0.25) is 0 Å². The fourth-order valence-corrected chi connectivity index (χ4v) is 6.03. The number of hydrogen-bond acceptors (Lipinski definition) is 2. The van der Waals surface area contributed by atoms with E-state index in [1.54, 1.807) is 0 Å². The molecule has 134 valence electrons. The second-order valence-corrected chi connectivity index (χ2v) is 7.84. The quantitative estimate of drug-likeness (QED) is 0.614. The van der Waals surface area contributed by atoms with E-state index < -0.39 is 11.2 Å². The second-order valence-electron chi connectivity index (χ2n) is 7.84. The van der Waals surface area contributed by atoms with Gasteiger partial charge >= 0.3 is 0 Å². The minimum absolute atomic E-state index is 0.100. The van der Waals surface area contributed by atoms with E-state index in [1.165, 1.54) is 0 Å². The van der Waals surface area contributed by atoms with E-state index in [2.05, 4.69) is 37.3 Å². The maximum absolute atomic E-state index is 11.9. The fraction of sp³-hybridized carbons (Fsp3) is 0.417. The molecular formula is C24H26O2. The maximum Gasteiger partial charge on any atom is 0.108 e. The Morgan fingerprint density at radius 2 is 1.77 bits per heavy atom. The molecule has 1 fully saturated rings. The SMILES string of the molecule is C#CCO[C@@]1(CC=C)c2ccccc2[C@](O)(CC=C)[C@@H]2[C@H]1[C@@H]1C=C[C@H]2C1. The monoisotopic (exact) mass is 346 g/mol. The number of benzene rings is 1. The van der Waals surface area contributed by atoms with Gasteiger partial charge in [-0.05, 0) is 42.2 Å². The van der Waals surface area contributed by atoms with Crippen LogP contribution in [0.1, 0.15) is 30.4 Å². The minimum Gasteiger partial charge on any atom is -0.385 e. The number of fused-ring (bicyclic) bond motifs is 6. The predicted octanol–water partition coefficient (Wildman–Crippen LogP) is 4.32. The van der Waals surface area contributed by atoms with E-state index in [-0.39, 0.29) is 18.4 Å². The maximum atomic E-state index is 11.9. The van der Waals surface area contributed by atoms with E-state index in [1.807, 2.05) is 30.4 Å². The molecule has 0 aromatic heterocycles. The zero-order valence-electron chi connectivity index (χ0n) is 15.1. The Labute approximate surface area is 156 Å². The van der Waals surface area contributed by atoms with Crippen molar-refractivity contribution in [1.29, 1.82) is 0 Å². The molecule has 3 aliphatic carbocycles. The van der Waals surface area contributed by atoms with Crippen LogP contribution in [0.2, 0.25) is 0 Å². The van der Waals surface area contributed by atoms with Gasteiger partial charge in [0.2, 0.25) is 0 Å². The Kier molecular flexibility index (Phi) is 4.18. The first-order chi connectivity index (χ1) is 12.6. The predicted molar refractivity (Wildman–Crippen MR) is 104 cm³/mol. The summed E-state index contributed by atoms with van der Waals surface area (Å²) in [7, 11) is 0. The third-order valence-electron chi connectivity index (χ3n) is 6.71. The molecule has 4 rings (SSSR count). The molecule has 1 aromatic rings. The Hall–Kier alpha value is -2.08. The standard InChI is InChI=1S/C24H26O2/c1-4-13-23(25)19-9-7-8-10-20(19)24(14-5-2,26-15-6-3)22-18-12-11-17(16-18)21(22)23/h3-5,7-12,17-18,21-22,25H,1-2,13-16H2/t17-,18+,21-,22+,23+,24-/m0/s1. The molecule has 2 bridgehead atoms. The van der Waals surface area contributed by atoms with Crippen LogP contribution >= 0.6 is 0 Å². The van der Waals surface area contributed by atoms with Gasteiger partial charge in [-0.25, -0.2) is 0 Å². The highest BCUT2D eigenvalue weighted by atomic mass is 16.5.